The van der Waals surface area contributed by atoms with E-state index in [4.69, 9.17) is 15.5 Å². The van der Waals surface area contributed by atoms with Crippen LogP contribution in [0.5, 0.6) is 5.88 Å². The second-order valence-electron chi connectivity index (χ2n) is 9.67. The van der Waals surface area contributed by atoms with E-state index in [1.807, 2.05) is 6.20 Å². The fourth-order valence-corrected chi connectivity index (χ4v) is 5.19. The molecule has 1 aliphatic carbocycles. The first-order valence-electron chi connectivity index (χ1n) is 12.3. The Morgan fingerprint density at radius 3 is 2.73 bits per heavy atom. The molecule has 1 atom stereocenters. The SMILES string of the molecule is CCCCc1c(-c2cnnc(C3CC3)c2)ccc2c1COc1nc(N3CCC(N)C3)ccc1-2. The van der Waals surface area contributed by atoms with Crippen molar-refractivity contribution in [1.29, 1.82) is 0 Å². The summed E-state index contributed by atoms with van der Waals surface area (Å²) >= 11 is 0. The molecule has 0 radical (unpaired) electrons. The number of pyridine rings is 1. The van der Waals surface area contributed by atoms with E-state index in [0.717, 1.165) is 61.7 Å². The van der Waals surface area contributed by atoms with Gasteiger partial charge in [-0.1, -0.05) is 25.5 Å². The smallest absolute Gasteiger partial charge is 0.223 e. The van der Waals surface area contributed by atoms with Crippen LogP contribution in [-0.2, 0) is 13.0 Å². The number of fused-ring (bicyclic) bond motifs is 3. The number of anilines is 1. The molecular weight excluding hydrogens is 410 g/mol. The molecule has 3 aliphatic rings. The van der Waals surface area contributed by atoms with Crippen LogP contribution in [0.2, 0.25) is 0 Å². The zero-order valence-electron chi connectivity index (χ0n) is 19.3. The van der Waals surface area contributed by atoms with E-state index in [2.05, 4.69) is 52.4 Å². The summed E-state index contributed by atoms with van der Waals surface area (Å²) in [6, 6.07) is 11.3. The van der Waals surface area contributed by atoms with Crippen molar-refractivity contribution in [1.82, 2.24) is 15.2 Å². The monoisotopic (exact) mass is 441 g/mol. The Morgan fingerprint density at radius 1 is 1.09 bits per heavy atom. The number of nitrogens with two attached hydrogens (primary N) is 1. The third-order valence-electron chi connectivity index (χ3n) is 7.23. The van der Waals surface area contributed by atoms with E-state index in [1.54, 1.807) is 0 Å². The fourth-order valence-electron chi connectivity index (χ4n) is 5.19. The minimum Gasteiger partial charge on any atom is -0.472 e. The zero-order valence-corrected chi connectivity index (χ0v) is 19.3. The Kier molecular flexibility index (Phi) is 5.25. The van der Waals surface area contributed by atoms with E-state index in [-0.39, 0.29) is 6.04 Å². The highest BCUT2D eigenvalue weighted by molar-refractivity contribution is 5.81. The Morgan fingerprint density at radius 2 is 1.94 bits per heavy atom. The lowest BCUT2D eigenvalue weighted by atomic mass is 9.86. The normalized spacial score (nSPS) is 19.2. The van der Waals surface area contributed by atoms with Crippen molar-refractivity contribution in [2.75, 3.05) is 18.0 Å². The van der Waals surface area contributed by atoms with Crippen molar-refractivity contribution in [3.63, 3.8) is 0 Å². The molecule has 6 nitrogen and oxygen atoms in total. The number of unbranched alkanes of at least 4 members (excludes halogenated alkanes) is 1. The van der Waals surface area contributed by atoms with Gasteiger partial charge in [-0.25, -0.2) is 0 Å². The zero-order chi connectivity index (χ0) is 22.4. The van der Waals surface area contributed by atoms with E-state index in [1.165, 1.54) is 40.7 Å². The highest BCUT2D eigenvalue weighted by atomic mass is 16.5. The summed E-state index contributed by atoms with van der Waals surface area (Å²) in [7, 11) is 0. The molecule has 1 saturated heterocycles. The first-order valence-corrected chi connectivity index (χ1v) is 12.3. The second kappa shape index (κ2) is 8.41. The molecule has 6 heteroatoms. The van der Waals surface area contributed by atoms with Crippen LogP contribution in [0.1, 0.15) is 61.8 Å². The fraction of sp³-hybridized carbons (Fsp3) is 0.444. The molecule has 6 rings (SSSR count). The molecule has 2 aliphatic heterocycles. The van der Waals surface area contributed by atoms with Crippen molar-refractivity contribution in [3.8, 4) is 28.1 Å². The molecular formula is C27H31N5O. The van der Waals surface area contributed by atoms with Crippen molar-refractivity contribution in [2.24, 2.45) is 5.73 Å². The first kappa shape index (κ1) is 20.6. The van der Waals surface area contributed by atoms with Gasteiger partial charge in [0, 0.05) is 41.7 Å². The van der Waals surface area contributed by atoms with Gasteiger partial charge >= 0.3 is 0 Å². The van der Waals surface area contributed by atoms with Gasteiger partial charge in [0.2, 0.25) is 5.88 Å². The Hall–Kier alpha value is -2.99. The van der Waals surface area contributed by atoms with Gasteiger partial charge in [0.15, 0.2) is 0 Å². The predicted octanol–water partition coefficient (Wildman–Crippen LogP) is 4.86. The van der Waals surface area contributed by atoms with Gasteiger partial charge in [0.1, 0.15) is 12.4 Å². The minimum atomic E-state index is 0.229. The summed E-state index contributed by atoms with van der Waals surface area (Å²) < 4.78 is 6.26. The van der Waals surface area contributed by atoms with Crippen LogP contribution in [0, 0.1) is 0 Å². The quantitative estimate of drug-likeness (QED) is 0.589. The Balaban J connectivity index is 1.40. The van der Waals surface area contributed by atoms with Gasteiger partial charge in [-0.3, -0.25) is 0 Å². The predicted molar refractivity (Wildman–Crippen MR) is 130 cm³/mol. The summed E-state index contributed by atoms with van der Waals surface area (Å²) in [5, 5.41) is 8.73. The van der Waals surface area contributed by atoms with Crippen LogP contribution in [0.4, 0.5) is 5.82 Å². The van der Waals surface area contributed by atoms with Gasteiger partial charge in [0.05, 0.1) is 11.9 Å². The largest absolute Gasteiger partial charge is 0.472 e. The van der Waals surface area contributed by atoms with Crippen LogP contribution in [0.25, 0.3) is 22.3 Å². The third kappa shape index (κ3) is 3.86. The van der Waals surface area contributed by atoms with Gasteiger partial charge < -0.3 is 15.4 Å². The molecule has 4 heterocycles. The average molecular weight is 442 g/mol. The molecule has 2 fully saturated rings. The number of benzene rings is 1. The average Bonchev–Trinajstić information content (AvgIpc) is 3.62. The molecule has 33 heavy (non-hydrogen) atoms. The Bertz CT molecular complexity index is 1190. The third-order valence-corrected chi connectivity index (χ3v) is 7.23. The van der Waals surface area contributed by atoms with E-state index in [0.29, 0.717) is 12.5 Å². The van der Waals surface area contributed by atoms with Gasteiger partial charge in [-0.15, -0.1) is 0 Å². The van der Waals surface area contributed by atoms with Crippen molar-refractivity contribution in [3.05, 3.63) is 53.3 Å². The highest BCUT2D eigenvalue weighted by Gasteiger charge is 2.28. The lowest BCUT2D eigenvalue weighted by Crippen LogP contribution is -2.27. The van der Waals surface area contributed by atoms with Crippen molar-refractivity contribution in [2.45, 2.75) is 64.0 Å². The molecule has 0 amide bonds. The summed E-state index contributed by atoms with van der Waals surface area (Å²) in [4.78, 5) is 7.13. The topological polar surface area (TPSA) is 77.2 Å². The van der Waals surface area contributed by atoms with Crippen LogP contribution in [0.15, 0.2) is 36.5 Å². The number of aromatic nitrogens is 3. The highest BCUT2D eigenvalue weighted by Crippen LogP contribution is 2.43. The van der Waals surface area contributed by atoms with Crippen LogP contribution in [-0.4, -0.2) is 34.3 Å². The van der Waals surface area contributed by atoms with Gasteiger partial charge in [-0.2, -0.15) is 15.2 Å². The molecule has 1 aromatic carbocycles. The number of hydrogen-bond acceptors (Lipinski definition) is 6. The first-order chi connectivity index (χ1) is 16.2. The molecule has 3 aromatic rings. The molecule has 170 valence electrons. The van der Waals surface area contributed by atoms with Gasteiger partial charge in [0.25, 0.3) is 0 Å². The van der Waals surface area contributed by atoms with Gasteiger partial charge in [-0.05, 0) is 67.0 Å². The summed E-state index contributed by atoms with van der Waals surface area (Å²) in [6.07, 6.45) is 8.73. The second-order valence-corrected chi connectivity index (χ2v) is 9.67. The summed E-state index contributed by atoms with van der Waals surface area (Å²) in [5.74, 6) is 2.29. The maximum Gasteiger partial charge on any atom is 0.223 e. The number of ether oxygens (including phenoxy) is 1. The van der Waals surface area contributed by atoms with Crippen LogP contribution >= 0.6 is 0 Å². The molecule has 1 unspecified atom stereocenters. The van der Waals surface area contributed by atoms with Crippen LogP contribution in [0.3, 0.4) is 0 Å². The molecule has 1 saturated carbocycles. The maximum atomic E-state index is 6.26. The summed E-state index contributed by atoms with van der Waals surface area (Å²) in [5.41, 5.74) is 14.7. The molecule has 0 bridgehead atoms. The van der Waals surface area contributed by atoms with E-state index < -0.39 is 0 Å². The number of hydrogen-bond donors (Lipinski definition) is 1. The number of rotatable bonds is 6. The van der Waals surface area contributed by atoms with E-state index in [9.17, 15) is 0 Å². The minimum absolute atomic E-state index is 0.229. The molecule has 2 aromatic heterocycles. The Labute approximate surface area is 195 Å². The van der Waals surface area contributed by atoms with Crippen molar-refractivity contribution < 1.29 is 4.74 Å². The van der Waals surface area contributed by atoms with Crippen LogP contribution < -0.4 is 15.4 Å². The van der Waals surface area contributed by atoms with E-state index >= 15 is 0 Å². The lowest BCUT2D eigenvalue weighted by Gasteiger charge is -2.26. The molecule has 2 N–H and O–H groups in total. The maximum absolute atomic E-state index is 6.26. The standard InChI is InChI=1S/C27H31N5O/c1-2-3-4-21-20(18-13-25(17-5-6-17)31-29-14-18)7-8-22-23-9-10-26(32-12-11-19(28)15-32)30-27(23)33-16-24(21)22/h7-10,13-14,17,19H,2-6,11-12,15-16,28H2,1H3. The molecule has 0 spiro atoms. The lowest BCUT2D eigenvalue weighted by molar-refractivity contribution is 0.289. The number of nitrogens with zero attached hydrogens (tertiary/aromatic N) is 4. The summed E-state index contributed by atoms with van der Waals surface area (Å²) in [6.45, 7) is 4.61. The van der Waals surface area contributed by atoms with Crippen molar-refractivity contribution >= 4 is 5.82 Å².